The van der Waals surface area contributed by atoms with Crippen LogP contribution in [0.25, 0.3) is 5.69 Å². The van der Waals surface area contributed by atoms with Gasteiger partial charge >= 0.3 is 12.4 Å². The van der Waals surface area contributed by atoms with Crippen molar-refractivity contribution in [2.75, 3.05) is 0 Å². The predicted molar refractivity (Wildman–Crippen MR) is 59.5 cm³/mol. The third-order valence-electron chi connectivity index (χ3n) is 2.65. The second-order valence-electron chi connectivity index (χ2n) is 4.15. The number of aliphatic hydroxyl groups is 1. The van der Waals surface area contributed by atoms with Gasteiger partial charge in [0.1, 0.15) is 5.69 Å². The van der Waals surface area contributed by atoms with E-state index in [9.17, 15) is 26.3 Å². The molecule has 2 aromatic rings. The van der Waals surface area contributed by atoms with Gasteiger partial charge in [-0.15, -0.1) is 0 Å². The van der Waals surface area contributed by atoms with Crippen LogP contribution in [0.2, 0.25) is 0 Å². The molecule has 3 nitrogen and oxygen atoms in total. The summed E-state index contributed by atoms with van der Waals surface area (Å²) >= 11 is 0. The van der Waals surface area contributed by atoms with Crippen molar-refractivity contribution in [3.8, 4) is 5.69 Å². The third kappa shape index (κ3) is 3.18. The number of hydrogen-bond acceptors (Lipinski definition) is 2. The van der Waals surface area contributed by atoms with Crippen molar-refractivity contribution in [3.05, 3.63) is 47.3 Å². The minimum atomic E-state index is -4.98. The van der Waals surface area contributed by atoms with Crippen molar-refractivity contribution in [1.29, 1.82) is 0 Å². The van der Waals surface area contributed by atoms with E-state index in [4.69, 9.17) is 5.11 Å². The van der Waals surface area contributed by atoms with E-state index in [2.05, 4.69) is 5.10 Å². The van der Waals surface area contributed by atoms with E-state index in [-0.39, 0.29) is 23.0 Å². The molecule has 0 aliphatic rings. The zero-order chi connectivity index (χ0) is 15.8. The van der Waals surface area contributed by atoms with Crippen LogP contribution in [0.3, 0.4) is 0 Å². The van der Waals surface area contributed by atoms with Crippen LogP contribution in [-0.2, 0) is 19.0 Å². The minimum absolute atomic E-state index is 0.0417. The van der Waals surface area contributed by atoms with Gasteiger partial charge in [-0.05, 0) is 17.7 Å². The highest BCUT2D eigenvalue weighted by Crippen LogP contribution is 2.36. The molecule has 0 unspecified atom stereocenters. The number of aliphatic hydroxyl groups excluding tert-OH is 1. The molecule has 1 N–H and O–H groups in total. The SMILES string of the molecule is OCc1ccc(-n2nc(C(F)(F)F)cc2C(F)(F)F)cc1. The Morgan fingerprint density at radius 1 is 0.952 bits per heavy atom. The molecule has 0 aliphatic heterocycles. The molecular formula is C12H8F6N2O. The summed E-state index contributed by atoms with van der Waals surface area (Å²) in [7, 11) is 0. The molecule has 0 atom stereocenters. The molecular weight excluding hydrogens is 302 g/mol. The van der Waals surface area contributed by atoms with Gasteiger partial charge in [0.2, 0.25) is 0 Å². The number of halogens is 6. The van der Waals surface area contributed by atoms with E-state index in [0.717, 1.165) is 12.1 Å². The third-order valence-corrected chi connectivity index (χ3v) is 2.65. The lowest BCUT2D eigenvalue weighted by molar-refractivity contribution is -0.143. The topological polar surface area (TPSA) is 38.0 Å². The lowest BCUT2D eigenvalue weighted by Crippen LogP contribution is -2.13. The summed E-state index contributed by atoms with van der Waals surface area (Å²) in [4.78, 5) is 0. The second kappa shape index (κ2) is 5.06. The molecule has 0 radical (unpaired) electrons. The van der Waals surface area contributed by atoms with Crippen LogP contribution in [0.15, 0.2) is 30.3 Å². The van der Waals surface area contributed by atoms with Crippen LogP contribution in [0.5, 0.6) is 0 Å². The van der Waals surface area contributed by atoms with Crippen LogP contribution in [0.1, 0.15) is 17.0 Å². The molecule has 1 aromatic heterocycles. The first-order valence-electron chi connectivity index (χ1n) is 5.57. The quantitative estimate of drug-likeness (QED) is 0.863. The highest BCUT2D eigenvalue weighted by atomic mass is 19.4. The molecule has 0 saturated carbocycles. The van der Waals surface area contributed by atoms with E-state index >= 15 is 0 Å². The van der Waals surface area contributed by atoms with Crippen molar-refractivity contribution in [3.63, 3.8) is 0 Å². The fraction of sp³-hybridized carbons (Fsp3) is 0.250. The van der Waals surface area contributed by atoms with Crippen LogP contribution in [0.4, 0.5) is 26.3 Å². The van der Waals surface area contributed by atoms with E-state index in [1.807, 2.05) is 0 Å². The summed E-state index contributed by atoms with van der Waals surface area (Å²) in [5.74, 6) is 0. The number of nitrogens with zero attached hydrogens (tertiary/aromatic N) is 2. The molecule has 1 heterocycles. The molecule has 0 saturated heterocycles. The van der Waals surface area contributed by atoms with Crippen LogP contribution in [-0.4, -0.2) is 14.9 Å². The van der Waals surface area contributed by atoms with Gasteiger partial charge < -0.3 is 5.11 Å². The van der Waals surface area contributed by atoms with Crippen LogP contribution >= 0.6 is 0 Å². The Labute approximate surface area is 114 Å². The predicted octanol–water partition coefficient (Wildman–Crippen LogP) is 3.40. The van der Waals surface area contributed by atoms with Gasteiger partial charge in [0.15, 0.2) is 5.69 Å². The normalized spacial score (nSPS) is 12.7. The van der Waals surface area contributed by atoms with Crippen molar-refractivity contribution in [1.82, 2.24) is 9.78 Å². The molecule has 0 amide bonds. The molecule has 0 spiro atoms. The monoisotopic (exact) mass is 310 g/mol. The minimum Gasteiger partial charge on any atom is -0.392 e. The Morgan fingerprint density at radius 3 is 1.95 bits per heavy atom. The van der Waals surface area contributed by atoms with Gasteiger partial charge in [-0.3, -0.25) is 0 Å². The van der Waals surface area contributed by atoms with Crippen molar-refractivity contribution in [2.45, 2.75) is 19.0 Å². The number of aromatic nitrogens is 2. The Balaban J connectivity index is 2.57. The average Bonchev–Trinajstić information content (AvgIpc) is 2.83. The first-order valence-corrected chi connectivity index (χ1v) is 5.57. The number of rotatable bonds is 2. The molecule has 1 aromatic carbocycles. The molecule has 9 heteroatoms. The Morgan fingerprint density at radius 2 is 1.52 bits per heavy atom. The Kier molecular flexibility index (Phi) is 3.70. The van der Waals surface area contributed by atoms with Gasteiger partial charge in [-0.25, -0.2) is 4.68 Å². The summed E-state index contributed by atoms with van der Waals surface area (Å²) in [6.07, 6.45) is -9.96. The maximum atomic E-state index is 12.8. The van der Waals surface area contributed by atoms with E-state index in [1.165, 1.54) is 12.1 Å². The van der Waals surface area contributed by atoms with Gasteiger partial charge in [0.25, 0.3) is 0 Å². The van der Waals surface area contributed by atoms with Gasteiger partial charge in [-0.1, -0.05) is 12.1 Å². The average molecular weight is 310 g/mol. The lowest BCUT2D eigenvalue weighted by Gasteiger charge is -2.10. The van der Waals surface area contributed by atoms with Crippen LogP contribution < -0.4 is 0 Å². The lowest BCUT2D eigenvalue weighted by atomic mass is 10.2. The second-order valence-corrected chi connectivity index (χ2v) is 4.15. The van der Waals surface area contributed by atoms with Crippen LogP contribution in [0, 0.1) is 0 Å². The molecule has 0 fully saturated rings. The number of hydrogen-bond donors (Lipinski definition) is 1. The summed E-state index contributed by atoms with van der Waals surface area (Å²) in [5.41, 5.74) is -2.92. The van der Waals surface area contributed by atoms with E-state index < -0.39 is 23.7 Å². The molecule has 114 valence electrons. The first kappa shape index (κ1) is 15.4. The highest BCUT2D eigenvalue weighted by Gasteiger charge is 2.42. The van der Waals surface area contributed by atoms with Gasteiger partial charge in [-0.2, -0.15) is 31.4 Å². The van der Waals surface area contributed by atoms with Crippen molar-refractivity contribution in [2.24, 2.45) is 0 Å². The maximum absolute atomic E-state index is 12.8. The summed E-state index contributed by atoms with van der Waals surface area (Å²) in [5, 5.41) is 11.8. The van der Waals surface area contributed by atoms with Gasteiger partial charge in [0.05, 0.1) is 12.3 Å². The smallest absolute Gasteiger partial charge is 0.392 e. The zero-order valence-corrected chi connectivity index (χ0v) is 10.2. The number of alkyl halides is 6. The van der Waals surface area contributed by atoms with Crippen molar-refractivity contribution >= 4 is 0 Å². The summed E-state index contributed by atoms with van der Waals surface area (Å²) in [6, 6.07) is 4.84. The standard InChI is InChI=1S/C12H8F6N2O/c13-11(14,15)9-5-10(12(16,17)18)20(19-9)8-3-1-7(6-21)2-4-8/h1-5,21H,6H2. The van der Waals surface area contributed by atoms with Gasteiger partial charge in [0, 0.05) is 6.07 Å². The maximum Gasteiger partial charge on any atom is 0.435 e. The molecule has 0 bridgehead atoms. The molecule has 0 aliphatic carbocycles. The van der Waals surface area contributed by atoms with Crippen molar-refractivity contribution < 1.29 is 31.4 Å². The summed E-state index contributed by atoms with van der Waals surface area (Å²) < 4.78 is 76.2. The first-order chi connectivity index (χ1) is 9.63. The highest BCUT2D eigenvalue weighted by molar-refractivity contribution is 5.37. The Bertz CT molecular complexity index is 627. The largest absolute Gasteiger partial charge is 0.435 e. The Hall–Kier alpha value is -2.03. The number of benzene rings is 1. The van der Waals surface area contributed by atoms with E-state index in [0.29, 0.717) is 5.56 Å². The fourth-order valence-electron chi connectivity index (χ4n) is 1.66. The molecule has 2 rings (SSSR count). The summed E-state index contributed by atoms with van der Waals surface area (Å²) in [6.45, 7) is -0.334. The zero-order valence-electron chi connectivity index (χ0n) is 10.2. The fourth-order valence-corrected chi connectivity index (χ4v) is 1.66. The molecule has 21 heavy (non-hydrogen) atoms. The van der Waals surface area contributed by atoms with E-state index in [1.54, 1.807) is 0 Å².